The molecule has 0 unspecified atom stereocenters. The number of halogens is 4. The van der Waals surface area contributed by atoms with Crippen LogP contribution in [0.3, 0.4) is 0 Å². The van der Waals surface area contributed by atoms with Crippen molar-refractivity contribution in [1.82, 2.24) is 20.1 Å². The molecule has 168 valence electrons. The first-order valence-corrected chi connectivity index (χ1v) is 10.5. The number of hydrogen-bond donors (Lipinski definition) is 2. The summed E-state index contributed by atoms with van der Waals surface area (Å²) in [6.07, 6.45) is -1.28. The molecule has 0 bridgehead atoms. The van der Waals surface area contributed by atoms with Crippen LogP contribution in [0.25, 0.3) is 0 Å². The molecule has 2 atom stereocenters. The van der Waals surface area contributed by atoms with Gasteiger partial charge in [-0.25, -0.2) is 4.68 Å². The Labute approximate surface area is 187 Å². The molecule has 1 aromatic carbocycles. The molecule has 2 aromatic heterocycles. The minimum absolute atomic E-state index is 0.0445. The molecule has 6 nitrogen and oxygen atoms in total. The standard InChI is InChI=1S/C22H21ClF3N5O/c1-2-13-3-5-14(6-4-13)18-9-19(22(24,25)26)31-20(30-18)17(12-29-31)21(32)28-11-16-8-7-15(23)10-27-16/h3-8,10,12,18-19,30H,2,9,11H2,1H3,(H,28,32)/t18-,19+/m1/s1. The highest BCUT2D eigenvalue weighted by Gasteiger charge is 2.47. The van der Waals surface area contributed by atoms with E-state index in [0.29, 0.717) is 10.7 Å². The van der Waals surface area contributed by atoms with Crippen molar-refractivity contribution in [3.05, 3.63) is 76.2 Å². The molecule has 0 saturated carbocycles. The third kappa shape index (κ3) is 4.57. The molecular weight excluding hydrogens is 443 g/mol. The summed E-state index contributed by atoms with van der Waals surface area (Å²) in [6.45, 7) is 2.11. The normalized spacial score (nSPS) is 18.0. The van der Waals surface area contributed by atoms with Crippen molar-refractivity contribution in [3.8, 4) is 0 Å². The fraction of sp³-hybridized carbons (Fsp3) is 0.318. The Morgan fingerprint density at radius 3 is 2.59 bits per heavy atom. The van der Waals surface area contributed by atoms with Crippen LogP contribution >= 0.6 is 11.6 Å². The van der Waals surface area contributed by atoms with E-state index in [1.807, 2.05) is 31.2 Å². The van der Waals surface area contributed by atoms with Crippen LogP contribution in [0, 0.1) is 0 Å². The van der Waals surface area contributed by atoms with Gasteiger partial charge in [-0.1, -0.05) is 42.8 Å². The van der Waals surface area contributed by atoms with Crippen molar-refractivity contribution in [1.29, 1.82) is 0 Å². The number of alkyl halides is 3. The van der Waals surface area contributed by atoms with E-state index in [9.17, 15) is 18.0 Å². The molecule has 1 amide bonds. The number of fused-ring (bicyclic) bond motifs is 1. The van der Waals surface area contributed by atoms with Crippen LogP contribution in [-0.2, 0) is 13.0 Å². The highest BCUT2D eigenvalue weighted by atomic mass is 35.5. The van der Waals surface area contributed by atoms with E-state index in [0.717, 1.165) is 28.4 Å². The van der Waals surface area contributed by atoms with Crippen molar-refractivity contribution >= 4 is 23.3 Å². The number of amides is 1. The number of anilines is 1. The Morgan fingerprint density at radius 2 is 1.97 bits per heavy atom. The van der Waals surface area contributed by atoms with E-state index < -0.39 is 24.2 Å². The molecule has 0 saturated heterocycles. The summed E-state index contributed by atoms with van der Waals surface area (Å²) < 4.78 is 42.3. The number of pyridine rings is 1. The van der Waals surface area contributed by atoms with Gasteiger partial charge in [0.15, 0.2) is 6.04 Å². The molecule has 10 heteroatoms. The summed E-state index contributed by atoms with van der Waals surface area (Å²) in [5, 5.41) is 10.1. The molecule has 4 rings (SSSR count). The lowest BCUT2D eigenvalue weighted by molar-refractivity contribution is -0.173. The third-order valence-corrected chi connectivity index (χ3v) is 5.72. The van der Waals surface area contributed by atoms with E-state index in [2.05, 4.69) is 20.7 Å². The zero-order valence-corrected chi connectivity index (χ0v) is 17.9. The Hall–Kier alpha value is -3.07. The number of aromatic nitrogens is 3. The summed E-state index contributed by atoms with van der Waals surface area (Å²) in [5.74, 6) is -0.497. The van der Waals surface area contributed by atoms with Crippen LogP contribution in [-0.4, -0.2) is 26.8 Å². The molecule has 0 aliphatic carbocycles. The van der Waals surface area contributed by atoms with Crippen molar-refractivity contribution < 1.29 is 18.0 Å². The average molecular weight is 464 g/mol. The molecule has 32 heavy (non-hydrogen) atoms. The lowest BCUT2D eigenvalue weighted by Crippen LogP contribution is -2.36. The van der Waals surface area contributed by atoms with Gasteiger partial charge in [-0.15, -0.1) is 0 Å². The topological polar surface area (TPSA) is 71.8 Å². The smallest absolute Gasteiger partial charge is 0.363 e. The minimum atomic E-state index is -4.51. The van der Waals surface area contributed by atoms with E-state index in [4.69, 9.17) is 11.6 Å². The zero-order valence-electron chi connectivity index (χ0n) is 17.2. The Balaban J connectivity index is 1.60. The summed E-state index contributed by atoms with van der Waals surface area (Å²) in [5.41, 5.74) is 2.43. The third-order valence-electron chi connectivity index (χ3n) is 5.49. The number of benzene rings is 1. The maximum atomic E-state index is 13.8. The maximum absolute atomic E-state index is 13.8. The van der Waals surface area contributed by atoms with Gasteiger partial charge in [0.05, 0.1) is 29.5 Å². The molecule has 2 N–H and O–H groups in total. The van der Waals surface area contributed by atoms with Crippen molar-refractivity contribution in [2.24, 2.45) is 0 Å². The summed E-state index contributed by atoms with van der Waals surface area (Å²) in [7, 11) is 0. The van der Waals surface area contributed by atoms with Crippen LogP contribution in [0.5, 0.6) is 0 Å². The van der Waals surface area contributed by atoms with Gasteiger partial charge in [0, 0.05) is 12.6 Å². The highest BCUT2D eigenvalue weighted by molar-refractivity contribution is 6.30. The van der Waals surface area contributed by atoms with E-state index in [-0.39, 0.29) is 24.3 Å². The first-order valence-electron chi connectivity index (χ1n) is 10.1. The van der Waals surface area contributed by atoms with Gasteiger partial charge < -0.3 is 10.6 Å². The molecule has 0 fully saturated rings. The lowest BCUT2D eigenvalue weighted by atomic mass is 9.95. The summed E-state index contributed by atoms with van der Waals surface area (Å²) >= 11 is 5.81. The Bertz CT molecular complexity index is 1100. The number of rotatable bonds is 5. The van der Waals surface area contributed by atoms with Crippen LogP contribution in [0.2, 0.25) is 5.02 Å². The number of nitrogens with zero attached hydrogens (tertiary/aromatic N) is 3. The number of carbonyl (C=O) groups is 1. The predicted octanol–water partition coefficient (Wildman–Crippen LogP) is 5.08. The largest absolute Gasteiger partial charge is 0.410 e. The number of nitrogens with one attached hydrogen (secondary N) is 2. The van der Waals surface area contributed by atoms with Gasteiger partial charge in [-0.3, -0.25) is 9.78 Å². The van der Waals surface area contributed by atoms with E-state index in [1.165, 1.54) is 6.20 Å². The average Bonchev–Trinajstić information content (AvgIpc) is 3.21. The van der Waals surface area contributed by atoms with Crippen LogP contribution < -0.4 is 10.6 Å². The number of carbonyl (C=O) groups excluding carboxylic acids is 1. The quantitative estimate of drug-likeness (QED) is 0.553. The molecule has 1 aliphatic heterocycles. The SMILES string of the molecule is CCc1ccc([C@H]2C[C@@H](C(F)(F)F)n3ncc(C(=O)NCc4ccc(Cl)cn4)c3N2)cc1. The second-order valence-electron chi connectivity index (χ2n) is 7.59. The summed E-state index contributed by atoms with van der Waals surface area (Å²) in [6, 6.07) is 8.29. The fourth-order valence-corrected chi connectivity index (χ4v) is 3.82. The first kappa shape index (κ1) is 22.1. The number of aryl methyl sites for hydroxylation is 1. The van der Waals surface area contributed by atoms with Crippen LogP contribution in [0.1, 0.15) is 52.6 Å². The lowest BCUT2D eigenvalue weighted by Gasteiger charge is -2.34. The van der Waals surface area contributed by atoms with Gasteiger partial charge in [0.2, 0.25) is 0 Å². The Morgan fingerprint density at radius 1 is 1.22 bits per heavy atom. The molecule has 1 aliphatic rings. The zero-order chi connectivity index (χ0) is 22.9. The van der Waals surface area contributed by atoms with Crippen molar-refractivity contribution in [2.45, 2.75) is 44.6 Å². The molecular formula is C22H21ClF3N5O. The fourth-order valence-electron chi connectivity index (χ4n) is 3.71. The predicted molar refractivity (Wildman–Crippen MR) is 115 cm³/mol. The van der Waals surface area contributed by atoms with E-state index >= 15 is 0 Å². The second-order valence-corrected chi connectivity index (χ2v) is 8.02. The number of hydrogen-bond acceptors (Lipinski definition) is 4. The molecule has 3 aromatic rings. The van der Waals surface area contributed by atoms with Gasteiger partial charge in [0.1, 0.15) is 11.4 Å². The Kier molecular flexibility index (Phi) is 6.10. The van der Waals surface area contributed by atoms with Gasteiger partial charge in [-0.05, 0) is 29.7 Å². The van der Waals surface area contributed by atoms with Gasteiger partial charge in [0.25, 0.3) is 5.91 Å². The van der Waals surface area contributed by atoms with Crippen molar-refractivity contribution in [2.75, 3.05) is 5.32 Å². The highest BCUT2D eigenvalue weighted by Crippen LogP contribution is 2.44. The van der Waals surface area contributed by atoms with Gasteiger partial charge in [-0.2, -0.15) is 18.3 Å². The molecule has 3 heterocycles. The second kappa shape index (κ2) is 8.82. The summed E-state index contributed by atoms with van der Waals surface area (Å²) in [4.78, 5) is 16.9. The van der Waals surface area contributed by atoms with E-state index in [1.54, 1.807) is 12.1 Å². The van der Waals surface area contributed by atoms with Crippen LogP contribution in [0.15, 0.2) is 48.8 Å². The van der Waals surface area contributed by atoms with Gasteiger partial charge >= 0.3 is 6.18 Å². The monoisotopic (exact) mass is 463 g/mol. The molecule has 0 radical (unpaired) electrons. The van der Waals surface area contributed by atoms with Crippen molar-refractivity contribution in [3.63, 3.8) is 0 Å². The minimum Gasteiger partial charge on any atom is -0.363 e. The first-order chi connectivity index (χ1) is 15.3. The van der Waals surface area contributed by atoms with Crippen LogP contribution in [0.4, 0.5) is 19.0 Å². The molecule has 0 spiro atoms. The maximum Gasteiger partial charge on any atom is 0.410 e.